The fourth-order valence-electron chi connectivity index (χ4n) is 2.81. The molecule has 0 spiro atoms. The van der Waals surface area contributed by atoms with Crippen LogP contribution in [0.2, 0.25) is 0 Å². The molecule has 29 heavy (non-hydrogen) atoms. The molecule has 1 amide bonds. The molecule has 150 valence electrons. The lowest BCUT2D eigenvalue weighted by atomic mass is 10.0. The van der Waals surface area contributed by atoms with E-state index >= 15 is 0 Å². The van der Waals surface area contributed by atoms with Crippen molar-refractivity contribution >= 4 is 21.4 Å². The molecule has 0 saturated heterocycles. The molecular formula is C23H23NO4S. The quantitative estimate of drug-likeness (QED) is 0.611. The standard InChI is InChI=1S/C23H23NO4S/c1-29(26,27)15-14-28-22-9-5-8-21(17-22)24-23(25)16-18-10-12-20(13-11-18)19-6-3-2-4-7-19/h2-13,17H,14-16H2,1H3,(H,24,25). The van der Waals surface area contributed by atoms with Crippen LogP contribution in [0.15, 0.2) is 78.9 Å². The normalized spacial score (nSPS) is 11.1. The molecule has 0 aliphatic carbocycles. The van der Waals surface area contributed by atoms with Crippen LogP contribution in [0.3, 0.4) is 0 Å². The molecule has 6 heteroatoms. The van der Waals surface area contributed by atoms with E-state index in [1.165, 1.54) is 6.26 Å². The molecule has 0 fully saturated rings. The molecular weight excluding hydrogens is 386 g/mol. The number of sulfone groups is 1. The number of carbonyl (C=O) groups excluding carboxylic acids is 1. The fraction of sp³-hybridized carbons (Fsp3) is 0.174. The van der Waals surface area contributed by atoms with Crippen molar-refractivity contribution in [2.24, 2.45) is 0 Å². The first-order valence-electron chi connectivity index (χ1n) is 9.24. The summed E-state index contributed by atoms with van der Waals surface area (Å²) in [5.74, 6) is 0.326. The lowest BCUT2D eigenvalue weighted by Crippen LogP contribution is -2.15. The van der Waals surface area contributed by atoms with Crippen LogP contribution >= 0.6 is 0 Å². The highest BCUT2D eigenvalue weighted by molar-refractivity contribution is 7.90. The molecule has 0 unspecified atom stereocenters. The van der Waals surface area contributed by atoms with Crippen LogP contribution in [0.5, 0.6) is 5.75 Å². The summed E-state index contributed by atoms with van der Waals surface area (Å²) in [5.41, 5.74) is 3.76. The van der Waals surface area contributed by atoms with Gasteiger partial charge in [0, 0.05) is 18.0 Å². The van der Waals surface area contributed by atoms with Crippen LogP contribution in [0.25, 0.3) is 11.1 Å². The molecule has 0 aliphatic heterocycles. The zero-order valence-corrected chi connectivity index (χ0v) is 17.0. The van der Waals surface area contributed by atoms with Gasteiger partial charge in [0.05, 0.1) is 12.2 Å². The van der Waals surface area contributed by atoms with Gasteiger partial charge in [-0.2, -0.15) is 0 Å². The van der Waals surface area contributed by atoms with Gasteiger partial charge in [-0.25, -0.2) is 8.42 Å². The molecule has 0 aromatic heterocycles. The summed E-state index contributed by atoms with van der Waals surface area (Å²) < 4.78 is 27.8. The van der Waals surface area contributed by atoms with Crippen LogP contribution in [-0.4, -0.2) is 32.9 Å². The van der Waals surface area contributed by atoms with Gasteiger partial charge in [0.25, 0.3) is 0 Å². The van der Waals surface area contributed by atoms with Crippen molar-refractivity contribution in [2.75, 3.05) is 23.9 Å². The highest BCUT2D eigenvalue weighted by Crippen LogP contribution is 2.20. The van der Waals surface area contributed by atoms with Gasteiger partial charge >= 0.3 is 0 Å². The largest absolute Gasteiger partial charge is 0.492 e. The molecule has 3 aromatic carbocycles. The van der Waals surface area contributed by atoms with Crippen LogP contribution in [-0.2, 0) is 21.1 Å². The summed E-state index contributed by atoms with van der Waals surface area (Å²) in [6, 6.07) is 24.9. The maximum absolute atomic E-state index is 12.4. The van der Waals surface area contributed by atoms with Crippen molar-refractivity contribution in [1.29, 1.82) is 0 Å². The molecule has 0 atom stereocenters. The van der Waals surface area contributed by atoms with Gasteiger partial charge in [-0.1, -0.05) is 60.7 Å². The minimum atomic E-state index is -3.07. The van der Waals surface area contributed by atoms with E-state index in [9.17, 15) is 13.2 Å². The Hall–Kier alpha value is -3.12. The number of nitrogens with one attached hydrogen (secondary N) is 1. The average molecular weight is 410 g/mol. The van der Waals surface area contributed by atoms with Crippen molar-refractivity contribution in [1.82, 2.24) is 0 Å². The molecule has 0 aliphatic rings. The highest BCUT2D eigenvalue weighted by Gasteiger charge is 2.07. The van der Waals surface area contributed by atoms with Crippen molar-refractivity contribution in [3.63, 3.8) is 0 Å². The Balaban J connectivity index is 1.56. The van der Waals surface area contributed by atoms with Gasteiger partial charge in [-0.05, 0) is 28.8 Å². The van der Waals surface area contributed by atoms with Crippen LogP contribution in [0.1, 0.15) is 5.56 Å². The molecule has 0 bridgehead atoms. The number of amides is 1. The van der Waals surface area contributed by atoms with Crippen molar-refractivity contribution in [2.45, 2.75) is 6.42 Å². The summed E-state index contributed by atoms with van der Waals surface area (Å²) >= 11 is 0. The lowest BCUT2D eigenvalue weighted by molar-refractivity contribution is -0.115. The second-order valence-corrected chi connectivity index (χ2v) is 9.05. The van der Waals surface area contributed by atoms with E-state index in [4.69, 9.17) is 4.74 Å². The second kappa shape index (κ2) is 9.39. The third-order valence-electron chi connectivity index (χ3n) is 4.27. The van der Waals surface area contributed by atoms with Gasteiger partial charge in [0.1, 0.15) is 12.4 Å². The van der Waals surface area contributed by atoms with Crippen molar-refractivity contribution in [3.05, 3.63) is 84.4 Å². The number of benzene rings is 3. The number of rotatable bonds is 8. The molecule has 3 aromatic rings. The summed E-state index contributed by atoms with van der Waals surface area (Å²) in [4.78, 5) is 12.4. The first-order chi connectivity index (χ1) is 13.9. The number of hydrogen-bond donors (Lipinski definition) is 1. The number of anilines is 1. The molecule has 0 radical (unpaired) electrons. The van der Waals surface area contributed by atoms with Crippen molar-refractivity contribution < 1.29 is 17.9 Å². The Morgan fingerprint density at radius 3 is 2.28 bits per heavy atom. The topological polar surface area (TPSA) is 72.5 Å². The van der Waals surface area contributed by atoms with Gasteiger partial charge < -0.3 is 10.1 Å². The zero-order chi connectivity index (χ0) is 20.7. The first-order valence-corrected chi connectivity index (χ1v) is 11.3. The smallest absolute Gasteiger partial charge is 0.228 e. The van der Waals surface area contributed by atoms with Gasteiger partial charge in [-0.3, -0.25) is 4.79 Å². The Labute approximate surface area is 171 Å². The van der Waals surface area contributed by atoms with Gasteiger partial charge in [0.15, 0.2) is 9.84 Å². The first kappa shape index (κ1) is 20.6. The predicted molar refractivity (Wildman–Crippen MR) is 116 cm³/mol. The lowest BCUT2D eigenvalue weighted by Gasteiger charge is -2.09. The highest BCUT2D eigenvalue weighted by atomic mass is 32.2. The third-order valence-corrected chi connectivity index (χ3v) is 5.17. The Kier molecular flexibility index (Phi) is 6.67. The Morgan fingerprint density at radius 1 is 0.897 bits per heavy atom. The number of hydrogen-bond acceptors (Lipinski definition) is 4. The van der Waals surface area contributed by atoms with E-state index in [2.05, 4.69) is 5.32 Å². The van der Waals surface area contributed by atoms with E-state index in [-0.39, 0.29) is 24.7 Å². The van der Waals surface area contributed by atoms with Crippen LogP contribution < -0.4 is 10.1 Å². The zero-order valence-electron chi connectivity index (χ0n) is 16.2. The predicted octanol–water partition coefficient (Wildman–Crippen LogP) is 3.96. The van der Waals surface area contributed by atoms with Gasteiger partial charge in [0.2, 0.25) is 5.91 Å². The summed E-state index contributed by atoms with van der Waals surface area (Å²) in [6.45, 7) is 0.0734. The van der Waals surface area contributed by atoms with Crippen LogP contribution in [0, 0.1) is 0 Å². The Bertz CT molecular complexity index is 1060. The Morgan fingerprint density at radius 2 is 1.59 bits per heavy atom. The maximum atomic E-state index is 12.4. The maximum Gasteiger partial charge on any atom is 0.228 e. The third kappa shape index (κ3) is 6.76. The molecule has 1 N–H and O–H groups in total. The minimum absolute atomic E-state index is 0.0530. The minimum Gasteiger partial charge on any atom is -0.492 e. The fourth-order valence-corrected chi connectivity index (χ4v) is 3.20. The SMILES string of the molecule is CS(=O)(=O)CCOc1cccc(NC(=O)Cc2ccc(-c3ccccc3)cc2)c1. The van der Waals surface area contributed by atoms with Crippen molar-refractivity contribution in [3.8, 4) is 16.9 Å². The van der Waals surface area contributed by atoms with E-state index in [0.717, 1.165) is 16.7 Å². The van der Waals surface area contributed by atoms with E-state index in [1.807, 2.05) is 54.6 Å². The average Bonchev–Trinajstić information content (AvgIpc) is 2.68. The number of carbonyl (C=O) groups is 1. The molecule has 0 saturated carbocycles. The van der Waals surface area contributed by atoms with E-state index < -0.39 is 9.84 Å². The number of ether oxygens (including phenoxy) is 1. The summed E-state index contributed by atoms with van der Waals surface area (Å²) in [5, 5.41) is 2.85. The molecule has 3 rings (SSSR count). The summed E-state index contributed by atoms with van der Waals surface area (Å²) in [7, 11) is -3.07. The van der Waals surface area contributed by atoms with Crippen LogP contribution in [0.4, 0.5) is 5.69 Å². The van der Waals surface area contributed by atoms with Gasteiger partial charge in [-0.15, -0.1) is 0 Å². The summed E-state index contributed by atoms with van der Waals surface area (Å²) in [6.07, 6.45) is 1.42. The van der Waals surface area contributed by atoms with E-state index in [1.54, 1.807) is 24.3 Å². The molecule has 5 nitrogen and oxygen atoms in total. The monoisotopic (exact) mass is 409 g/mol. The second-order valence-electron chi connectivity index (χ2n) is 6.79. The van der Waals surface area contributed by atoms with E-state index in [0.29, 0.717) is 11.4 Å². The molecule has 0 heterocycles.